The smallest absolute Gasteiger partial charge is 0.319 e. The highest BCUT2D eigenvalue weighted by atomic mass is 32.1. The van der Waals surface area contributed by atoms with Gasteiger partial charge in [0.15, 0.2) is 0 Å². The van der Waals surface area contributed by atoms with Gasteiger partial charge in [-0.25, -0.2) is 9.78 Å². The van der Waals surface area contributed by atoms with Crippen molar-refractivity contribution in [3.63, 3.8) is 0 Å². The highest BCUT2D eigenvalue weighted by molar-refractivity contribution is 7.09. The Bertz CT molecular complexity index is 997. The summed E-state index contributed by atoms with van der Waals surface area (Å²) in [4.78, 5) is 28.9. The number of benzene rings is 2. The molecule has 0 unspecified atom stereocenters. The van der Waals surface area contributed by atoms with Crippen LogP contribution in [0.15, 0.2) is 53.9 Å². The fourth-order valence-electron chi connectivity index (χ4n) is 2.62. The lowest BCUT2D eigenvalue weighted by molar-refractivity contribution is 0.102. The van der Waals surface area contributed by atoms with Crippen LogP contribution in [0.5, 0.6) is 0 Å². The average Bonchev–Trinajstić information content (AvgIpc) is 3.08. The van der Waals surface area contributed by atoms with E-state index in [1.54, 1.807) is 35.6 Å². The number of aryl methyl sites for hydroxylation is 1. The van der Waals surface area contributed by atoms with Gasteiger partial charge in [0, 0.05) is 33.9 Å². The first-order valence-corrected chi connectivity index (χ1v) is 9.80. The quantitative estimate of drug-likeness (QED) is 0.575. The molecule has 3 rings (SSSR count). The molecule has 0 bridgehead atoms. The molecule has 6 nitrogen and oxygen atoms in total. The van der Waals surface area contributed by atoms with Gasteiger partial charge in [0.05, 0.1) is 10.7 Å². The predicted octanol–water partition coefficient (Wildman–Crippen LogP) is 4.90. The number of nitrogens with zero attached hydrogens (tertiary/aromatic N) is 1. The van der Waals surface area contributed by atoms with Gasteiger partial charge in [-0.1, -0.05) is 18.2 Å². The molecule has 0 fully saturated rings. The van der Waals surface area contributed by atoms with Crippen LogP contribution in [0.4, 0.5) is 16.2 Å². The van der Waals surface area contributed by atoms with Crippen LogP contribution in [0, 0.1) is 6.92 Å². The fraction of sp³-hybridized carbons (Fsp3) is 0.190. The first-order chi connectivity index (χ1) is 13.4. The number of carbonyl (C=O) groups is 2. The fourth-order valence-corrected chi connectivity index (χ4v) is 3.25. The van der Waals surface area contributed by atoms with Crippen molar-refractivity contribution in [2.24, 2.45) is 0 Å². The van der Waals surface area contributed by atoms with Crippen LogP contribution in [-0.4, -0.2) is 23.0 Å². The van der Waals surface area contributed by atoms with Gasteiger partial charge in [-0.2, -0.15) is 0 Å². The molecule has 0 aliphatic carbocycles. The largest absolute Gasteiger partial charge is 0.336 e. The number of urea groups is 1. The Balaban J connectivity index is 1.71. The van der Waals surface area contributed by atoms with Crippen molar-refractivity contribution in [2.45, 2.75) is 26.8 Å². The summed E-state index contributed by atoms with van der Waals surface area (Å²) in [6.07, 6.45) is 0. The molecule has 2 aromatic carbocycles. The summed E-state index contributed by atoms with van der Waals surface area (Å²) in [7, 11) is 0. The number of aromatic nitrogens is 1. The van der Waals surface area contributed by atoms with Crippen molar-refractivity contribution in [3.05, 3.63) is 64.5 Å². The Morgan fingerprint density at radius 1 is 1.00 bits per heavy atom. The van der Waals surface area contributed by atoms with E-state index >= 15 is 0 Å². The SMILES string of the molecule is Cc1nc(-c2cccc(NC(=O)c3cccc(NC(=O)NC(C)C)c3)c2)cs1. The Morgan fingerprint density at radius 3 is 2.39 bits per heavy atom. The molecular formula is C21H22N4O2S. The van der Waals surface area contributed by atoms with Crippen molar-refractivity contribution in [2.75, 3.05) is 10.6 Å². The minimum absolute atomic E-state index is 0.0280. The van der Waals surface area contributed by atoms with Crippen LogP contribution in [-0.2, 0) is 0 Å². The second kappa shape index (κ2) is 8.67. The number of thiazole rings is 1. The number of carbonyl (C=O) groups excluding carboxylic acids is 2. The maximum absolute atomic E-state index is 12.6. The van der Waals surface area contributed by atoms with E-state index < -0.39 is 0 Å². The minimum Gasteiger partial charge on any atom is -0.336 e. The lowest BCUT2D eigenvalue weighted by atomic mass is 10.1. The number of hydrogen-bond acceptors (Lipinski definition) is 4. The zero-order valence-electron chi connectivity index (χ0n) is 15.9. The second-order valence-corrected chi connectivity index (χ2v) is 7.68. The van der Waals surface area contributed by atoms with Crippen LogP contribution in [0.3, 0.4) is 0 Å². The molecule has 3 aromatic rings. The van der Waals surface area contributed by atoms with Gasteiger partial charge in [0.25, 0.3) is 5.91 Å². The minimum atomic E-state index is -0.307. The first-order valence-electron chi connectivity index (χ1n) is 8.92. The zero-order valence-corrected chi connectivity index (χ0v) is 16.8. The van der Waals surface area contributed by atoms with Crippen LogP contribution < -0.4 is 16.0 Å². The standard InChI is InChI=1S/C21H22N4O2S/c1-13(2)22-21(27)25-18-9-5-7-16(11-18)20(26)24-17-8-4-6-15(10-17)19-12-28-14(3)23-19/h4-13H,1-3H3,(H,24,26)(H2,22,25,27). The second-order valence-electron chi connectivity index (χ2n) is 6.62. The third-order valence-corrected chi connectivity index (χ3v) is 4.61. The number of nitrogens with one attached hydrogen (secondary N) is 3. The Labute approximate surface area is 168 Å². The van der Waals surface area contributed by atoms with Crippen LogP contribution in [0.2, 0.25) is 0 Å². The average molecular weight is 395 g/mol. The van der Waals surface area contributed by atoms with E-state index in [4.69, 9.17) is 0 Å². The van der Waals surface area contributed by atoms with Gasteiger partial charge in [0.1, 0.15) is 0 Å². The van der Waals surface area contributed by atoms with E-state index in [1.165, 1.54) is 0 Å². The lowest BCUT2D eigenvalue weighted by Gasteiger charge is -2.11. The number of anilines is 2. The maximum atomic E-state index is 12.6. The normalized spacial score (nSPS) is 10.6. The van der Waals surface area contributed by atoms with Gasteiger partial charge >= 0.3 is 6.03 Å². The third kappa shape index (κ3) is 5.17. The first kappa shape index (κ1) is 19.6. The summed E-state index contributed by atoms with van der Waals surface area (Å²) in [6.45, 7) is 5.72. The topological polar surface area (TPSA) is 83.1 Å². The molecule has 7 heteroatoms. The Morgan fingerprint density at radius 2 is 1.71 bits per heavy atom. The van der Waals surface area contributed by atoms with Crippen molar-refractivity contribution >= 4 is 34.6 Å². The lowest BCUT2D eigenvalue weighted by Crippen LogP contribution is -2.34. The van der Waals surface area contributed by atoms with Crippen molar-refractivity contribution in [3.8, 4) is 11.3 Å². The third-order valence-electron chi connectivity index (χ3n) is 3.84. The van der Waals surface area contributed by atoms with Gasteiger partial charge in [-0.05, 0) is 51.1 Å². The molecule has 1 aromatic heterocycles. The van der Waals surface area contributed by atoms with Crippen LogP contribution >= 0.6 is 11.3 Å². The summed E-state index contributed by atoms with van der Waals surface area (Å²) >= 11 is 1.59. The summed E-state index contributed by atoms with van der Waals surface area (Å²) in [5, 5.41) is 11.4. The van der Waals surface area contributed by atoms with Crippen LogP contribution in [0.25, 0.3) is 11.3 Å². The summed E-state index contributed by atoms with van der Waals surface area (Å²) < 4.78 is 0. The van der Waals surface area contributed by atoms with Gasteiger partial charge in [-0.3, -0.25) is 4.79 Å². The van der Waals surface area contributed by atoms with E-state index in [2.05, 4.69) is 20.9 Å². The molecule has 3 amide bonds. The van der Waals surface area contributed by atoms with Crippen molar-refractivity contribution < 1.29 is 9.59 Å². The molecule has 0 saturated carbocycles. The predicted molar refractivity (Wildman–Crippen MR) is 114 cm³/mol. The number of rotatable bonds is 5. The summed E-state index contributed by atoms with van der Waals surface area (Å²) in [5.74, 6) is -0.250. The maximum Gasteiger partial charge on any atom is 0.319 e. The summed E-state index contributed by atoms with van der Waals surface area (Å²) in [5.41, 5.74) is 3.53. The molecule has 0 spiro atoms. The van der Waals surface area contributed by atoms with E-state index in [0.717, 1.165) is 16.3 Å². The monoisotopic (exact) mass is 394 g/mol. The molecule has 144 valence electrons. The van der Waals surface area contributed by atoms with E-state index in [0.29, 0.717) is 16.9 Å². The molecule has 0 aliphatic heterocycles. The Hall–Kier alpha value is -3.19. The van der Waals surface area contributed by atoms with Gasteiger partial charge in [-0.15, -0.1) is 11.3 Å². The molecule has 0 radical (unpaired) electrons. The Kier molecular flexibility index (Phi) is 6.06. The molecule has 3 N–H and O–H groups in total. The van der Waals surface area contributed by atoms with E-state index in [9.17, 15) is 9.59 Å². The number of hydrogen-bond donors (Lipinski definition) is 3. The van der Waals surface area contributed by atoms with Crippen molar-refractivity contribution in [1.29, 1.82) is 0 Å². The van der Waals surface area contributed by atoms with Crippen molar-refractivity contribution in [1.82, 2.24) is 10.3 Å². The van der Waals surface area contributed by atoms with Gasteiger partial charge < -0.3 is 16.0 Å². The molecule has 28 heavy (non-hydrogen) atoms. The molecule has 1 heterocycles. The highest BCUT2D eigenvalue weighted by Gasteiger charge is 2.10. The van der Waals surface area contributed by atoms with Crippen LogP contribution in [0.1, 0.15) is 29.2 Å². The molecule has 0 atom stereocenters. The molecule has 0 aliphatic rings. The van der Waals surface area contributed by atoms with E-state index in [-0.39, 0.29) is 18.0 Å². The zero-order chi connectivity index (χ0) is 20.1. The number of amides is 3. The molecule has 0 saturated heterocycles. The van der Waals surface area contributed by atoms with E-state index in [1.807, 2.05) is 50.4 Å². The molecular weight excluding hydrogens is 372 g/mol. The highest BCUT2D eigenvalue weighted by Crippen LogP contribution is 2.24. The summed E-state index contributed by atoms with van der Waals surface area (Å²) in [6, 6.07) is 14.1. The van der Waals surface area contributed by atoms with Gasteiger partial charge in [0.2, 0.25) is 0 Å².